The molecule has 0 aliphatic carbocycles. The van der Waals surface area contributed by atoms with Gasteiger partial charge in [-0.15, -0.1) is 0 Å². The molecular weight excluding hydrogens is 186 g/mol. The zero-order valence-electron chi connectivity index (χ0n) is 10.3. The summed E-state index contributed by atoms with van der Waals surface area (Å²) in [6.07, 6.45) is 7.36. The van der Waals surface area contributed by atoms with Crippen LogP contribution in [0.15, 0.2) is 12.4 Å². The molecule has 0 amide bonds. The van der Waals surface area contributed by atoms with E-state index in [-0.39, 0.29) is 0 Å². The quantitative estimate of drug-likeness (QED) is 0.776. The van der Waals surface area contributed by atoms with Crippen molar-refractivity contribution in [3.63, 3.8) is 0 Å². The van der Waals surface area contributed by atoms with Gasteiger partial charge in [0.15, 0.2) is 0 Å². The number of imidazole rings is 1. The molecule has 0 saturated heterocycles. The molecule has 2 unspecified atom stereocenters. The van der Waals surface area contributed by atoms with Crippen molar-refractivity contribution >= 4 is 0 Å². The Balaban J connectivity index is 2.50. The fourth-order valence-corrected chi connectivity index (χ4v) is 1.77. The lowest BCUT2D eigenvalue weighted by Gasteiger charge is -2.19. The molecule has 1 aromatic heterocycles. The van der Waals surface area contributed by atoms with E-state index >= 15 is 0 Å². The first kappa shape index (κ1) is 12.2. The Hall–Kier alpha value is -0.830. The van der Waals surface area contributed by atoms with Crippen molar-refractivity contribution in [2.75, 3.05) is 7.05 Å². The highest BCUT2D eigenvalue weighted by molar-refractivity contribution is 4.94. The van der Waals surface area contributed by atoms with Gasteiger partial charge in [-0.2, -0.15) is 0 Å². The minimum atomic E-state index is 0.543. The first-order valence-electron chi connectivity index (χ1n) is 5.80. The van der Waals surface area contributed by atoms with Crippen LogP contribution < -0.4 is 5.32 Å². The van der Waals surface area contributed by atoms with E-state index in [0.717, 1.165) is 18.2 Å². The van der Waals surface area contributed by atoms with E-state index in [2.05, 4.69) is 35.8 Å². The maximum absolute atomic E-state index is 4.36. The molecule has 86 valence electrons. The third-order valence-corrected chi connectivity index (χ3v) is 3.14. The molecule has 0 aromatic carbocycles. The molecule has 2 atom stereocenters. The summed E-state index contributed by atoms with van der Waals surface area (Å²) in [5.41, 5.74) is 0. The molecule has 0 spiro atoms. The van der Waals surface area contributed by atoms with Gasteiger partial charge >= 0.3 is 0 Å². The second-order valence-electron chi connectivity index (χ2n) is 4.39. The second-order valence-corrected chi connectivity index (χ2v) is 4.39. The highest BCUT2D eigenvalue weighted by atomic mass is 15.0. The van der Waals surface area contributed by atoms with E-state index in [9.17, 15) is 0 Å². The van der Waals surface area contributed by atoms with Gasteiger partial charge in [-0.25, -0.2) is 4.98 Å². The highest BCUT2D eigenvalue weighted by Gasteiger charge is 2.13. The Bertz CT molecular complexity index is 280. The van der Waals surface area contributed by atoms with E-state index < -0.39 is 0 Å². The van der Waals surface area contributed by atoms with E-state index in [0.29, 0.717) is 6.04 Å². The molecule has 1 aromatic rings. The van der Waals surface area contributed by atoms with Crippen molar-refractivity contribution in [1.82, 2.24) is 14.9 Å². The first-order chi connectivity index (χ1) is 7.17. The van der Waals surface area contributed by atoms with Crippen molar-refractivity contribution in [1.29, 1.82) is 0 Å². The molecule has 15 heavy (non-hydrogen) atoms. The molecule has 3 nitrogen and oxygen atoms in total. The minimum Gasteiger partial charge on any atom is -0.338 e. The van der Waals surface area contributed by atoms with Crippen molar-refractivity contribution in [3.8, 4) is 0 Å². The number of aromatic nitrogens is 2. The molecule has 0 bridgehead atoms. The van der Waals surface area contributed by atoms with Gasteiger partial charge in [0.25, 0.3) is 0 Å². The van der Waals surface area contributed by atoms with E-state index in [1.807, 2.05) is 19.4 Å². The van der Waals surface area contributed by atoms with Gasteiger partial charge in [-0.1, -0.05) is 20.3 Å². The largest absolute Gasteiger partial charge is 0.338 e. The number of rotatable bonds is 6. The van der Waals surface area contributed by atoms with Crippen LogP contribution in [0, 0.1) is 5.92 Å². The van der Waals surface area contributed by atoms with Crippen LogP contribution in [-0.4, -0.2) is 22.6 Å². The Morgan fingerprint density at radius 3 is 2.73 bits per heavy atom. The average molecular weight is 209 g/mol. The van der Waals surface area contributed by atoms with Gasteiger partial charge < -0.3 is 9.88 Å². The number of nitrogens with one attached hydrogen (secondary N) is 1. The standard InChI is InChI=1S/C12H23N3/c1-5-10(2)8-11(13-3)9-12-14-6-7-15(12)4/h6-7,10-11,13H,5,8-9H2,1-4H3. The average Bonchev–Trinajstić information content (AvgIpc) is 2.63. The second kappa shape index (κ2) is 5.91. The zero-order chi connectivity index (χ0) is 11.3. The van der Waals surface area contributed by atoms with Gasteiger partial charge in [0, 0.05) is 31.9 Å². The number of aryl methyl sites for hydroxylation is 1. The maximum atomic E-state index is 4.36. The summed E-state index contributed by atoms with van der Waals surface area (Å²) >= 11 is 0. The van der Waals surface area contributed by atoms with Crippen LogP contribution in [0.3, 0.4) is 0 Å². The normalized spacial score (nSPS) is 15.2. The molecule has 3 heteroatoms. The van der Waals surface area contributed by atoms with Crippen molar-refractivity contribution in [3.05, 3.63) is 18.2 Å². The van der Waals surface area contributed by atoms with E-state index in [1.54, 1.807) is 0 Å². The van der Waals surface area contributed by atoms with Gasteiger partial charge in [-0.3, -0.25) is 0 Å². The van der Waals surface area contributed by atoms with E-state index in [1.165, 1.54) is 12.8 Å². The SMILES string of the molecule is CCC(C)CC(Cc1nccn1C)NC. The van der Waals surface area contributed by atoms with Crippen LogP contribution in [-0.2, 0) is 13.5 Å². The summed E-state index contributed by atoms with van der Waals surface area (Å²) < 4.78 is 2.10. The number of hydrogen-bond donors (Lipinski definition) is 1. The van der Waals surface area contributed by atoms with Crippen LogP contribution in [0.2, 0.25) is 0 Å². The summed E-state index contributed by atoms with van der Waals surface area (Å²) in [5, 5.41) is 3.38. The molecule has 1 rings (SSSR count). The van der Waals surface area contributed by atoms with Crippen molar-refractivity contribution in [2.24, 2.45) is 13.0 Å². The lowest BCUT2D eigenvalue weighted by molar-refractivity contribution is 0.403. The summed E-state index contributed by atoms with van der Waals surface area (Å²) in [5.74, 6) is 1.94. The Labute approximate surface area is 92.9 Å². The van der Waals surface area contributed by atoms with Gasteiger partial charge in [0.2, 0.25) is 0 Å². The first-order valence-corrected chi connectivity index (χ1v) is 5.80. The maximum Gasteiger partial charge on any atom is 0.109 e. The Kier molecular flexibility index (Phi) is 4.82. The van der Waals surface area contributed by atoms with E-state index in [4.69, 9.17) is 0 Å². The molecule has 0 aliphatic heterocycles. The highest BCUT2D eigenvalue weighted by Crippen LogP contribution is 2.12. The molecule has 0 radical (unpaired) electrons. The Morgan fingerprint density at radius 2 is 2.27 bits per heavy atom. The smallest absolute Gasteiger partial charge is 0.109 e. The fourth-order valence-electron chi connectivity index (χ4n) is 1.77. The molecule has 0 fully saturated rings. The monoisotopic (exact) mass is 209 g/mol. The van der Waals surface area contributed by atoms with Crippen LogP contribution in [0.25, 0.3) is 0 Å². The zero-order valence-corrected chi connectivity index (χ0v) is 10.3. The van der Waals surface area contributed by atoms with Crippen LogP contribution >= 0.6 is 0 Å². The minimum absolute atomic E-state index is 0.543. The Morgan fingerprint density at radius 1 is 1.53 bits per heavy atom. The lowest BCUT2D eigenvalue weighted by atomic mass is 9.97. The van der Waals surface area contributed by atoms with Crippen LogP contribution in [0.4, 0.5) is 0 Å². The van der Waals surface area contributed by atoms with Crippen molar-refractivity contribution < 1.29 is 0 Å². The molecule has 1 heterocycles. The van der Waals surface area contributed by atoms with Gasteiger partial charge in [0.1, 0.15) is 5.82 Å². The molecule has 1 N–H and O–H groups in total. The summed E-state index contributed by atoms with van der Waals surface area (Å²) in [6, 6.07) is 0.543. The van der Waals surface area contributed by atoms with Crippen LogP contribution in [0.1, 0.15) is 32.5 Å². The summed E-state index contributed by atoms with van der Waals surface area (Å²) in [7, 11) is 4.09. The third-order valence-electron chi connectivity index (χ3n) is 3.14. The molecular formula is C12H23N3. The number of nitrogens with zero attached hydrogens (tertiary/aromatic N) is 2. The third kappa shape index (κ3) is 3.67. The van der Waals surface area contributed by atoms with Gasteiger partial charge in [-0.05, 0) is 19.4 Å². The topological polar surface area (TPSA) is 29.9 Å². The number of likely N-dealkylation sites (N-methyl/N-ethyl adjacent to an activating group) is 1. The van der Waals surface area contributed by atoms with Crippen LogP contribution in [0.5, 0.6) is 0 Å². The predicted octanol–water partition coefficient (Wildman–Crippen LogP) is 1.99. The number of hydrogen-bond acceptors (Lipinski definition) is 2. The summed E-state index contributed by atoms with van der Waals surface area (Å²) in [6.45, 7) is 4.56. The lowest BCUT2D eigenvalue weighted by Crippen LogP contribution is -2.30. The van der Waals surface area contributed by atoms with Gasteiger partial charge in [0.05, 0.1) is 0 Å². The summed E-state index contributed by atoms with van der Waals surface area (Å²) in [4.78, 5) is 4.36. The predicted molar refractivity (Wildman–Crippen MR) is 63.8 cm³/mol. The fraction of sp³-hybridized carbons (Fsp3) is 0.750. The van der Waals surface area contributed by atoms with Crippen molar-refractivity contribution in [2.45, 2.75) is 39.2 Å². The molecule has 0 saturated carbocycles. The molecule has 0 aliphatic rings.